The number of hydrogen-bond acceptors (Lipinski definition) is 3. The number of unbranched alkanes of at least 4 members (excludes halogenated alkanes) is 1. The molecule has 0 aliphatic rings. The second kappa shape index (κ2) is 6.92. The van der Waals surface area contributed by atoms with Crippen molar-refractivity contribution >= 4 is 0 Å². The number of rotatable bonds is 7. The number of ether oxygens (including phenoxy) is 1. The Bertz CT molecular complexity index is 146. The Morgan fingerprint density at radius 1 is 1.46 bits per heavy atom. The summed E-state index contributed by atoms with van der Waals surface area (Å²) in [5.74, 6) is 0.998. The molecule has 0 aromatic carbocycles. The van der Waals surface area contributed by atoms with Gasteiger partial charge in [-0.05, 0) is 18.8 Å². The third-order valence-electron chi connectivity index (χ3n) is 1.93. The first-order valence-electron chi connectivity index (χ1n) is 4.77. The van der Waals surface area contributed by atoms with Crippen LogP contribution in [-0.2, 0) is 4.74 Å². The topological polar surface area (TPSA) is 55.5 Å². The van der Waals surface area contributed by atoms with Crippen LogP contribution in [0, 0.1) is 5.92 Å². The van der Waals surface area contributed by atoms with Gasteiger partial charge in [0, 0.05) is 6.61 Å². The van der Waals surface area contributed by atoms with Crippen LogP contribution in [0.4, 0.5) is 0 Å². The predicted molar refractivity (Wildman–Crippen MR) is 54.2 cm³/mol. The van der Waals surface area contributed by atoms with E-state index in [2.05, 4.69) is 6.58 Å². The highest BCUT2D eigenvalue weighted by molar-refractivity contribution is 4.96. The van der Waals surface area contributed by atoms with Gasteiger partial charge in [0.25, 0.3) is 0 Å². The molecule has 0 amide bonds. The van der Waals surface area contributed by atoms with Crippen LogP contribution in [0.1, 0.15) is 26.7 Å². The molecule has 13 heavy (non-hydrogen) atoms. The Labute approximate surface area is 80.6 Å². The van der Waals surface area contributed by atoms with Crippen molar-refractivity contribution in [3.63, 3.8) is 0 Å². The zero-order valence-corrected chi connectivity index (χ0v) is 8.62. The molecular formula is C10H21NO2. The van der Waals surface area contributed by atoms with Gasteiger partial charge in [0.05, 0.1) is 12.6 Å². The highest BCUT2D eigenvalue weighted by Crippen LogP contribution is 2.09. The third-order valence-corrected chi connectivity index (χ3v) is 1.93. The molecule has 0 radical (unpaired) electrons. The van der Waals surface area contributed by atoms with Crippen molar-refractivity contribution in [3.8, 4) is 0 Å². The van der Waals surface area contributed by atoms with Crippen LogP contribution >= 0.6 is 0 Å². The van der Waals surface area contributed by atoms with E-state index >= 15 is 0 Å². The molecule has 3 nitrogen and oxygen atoms in total. The van der Waals surface area contributed by atoms with Crippen molar-refractivity contribution in [1.29, 1.82) is 0 Å². The second-order valence-corrected chi connectivity index (χ2v) is 3.52. The molecule has 0 spiro atoms. The summed E-state index contributed by atoms with van der Waals surface area (Å²) in [5.41, 5.74) is 5.80. The fraction of sp³-hybridized carbons (Fsp3) is 0.800. The lowest BCUT2D eigenvalue weighted by Crippen LogP contribution is -2.29. The largest absolute Gasteiger partial charge is 0.497 e. The monoisotopic (exact) mass is 187 g/mol. The summed E-state index contributed by atoms with van der Waals surface area (Å²) in [7, 11) is 0. The van der Waals surface area contributed by atoms with Gasteiger partial charge in [-0.3, -0.25) is 0 Å². The minimum atomic E-state index is -0.0888. The third kappa shape index (κ3) is 5.66. The lowest BCUT2D eigenvalue weighted by molar-refractivity contribution is 0.170. The van der Waals surface area contributed by atoms with E-state index in [0.29, 0.717) is 18.3 Å². The predicted octanol–water partition coefficient (Wildman–Crippen LogP) is 1.27. The number of hydrogen-bond donors (Lipinski definition) is 2. The zero-order chi connectivity index (χ0) is 10.3. The van der Waals surface area contributed by atoms with Crippen molar-refractivity contribution < 1.29 is 9.84 Å². The van der Waals surface area contributed by atoms with Crippen molar-refractivity contribution in [2.24, 2.45) is 11.7 Å². The van der Waals surface area contributed by atoms with E-state index in [1.54, 1.807) is 0 Å². The molecule has 1 atom stereocenters. The van der Waals surface area contributed by atoms with Gasteiger partial charge < -0.3 is 15.6 Å². The first-order valence-corrected chi connectivity index (χ1v) is 4.77. The lowest BCUT2D eigenvalue weighted by atomic mass is 10.0. The molecule has 78 valence electrons. The first kappa shape index (κ1) is 12.5. The molecule has 0 rings (SSSR count). The van der Waals surface area contributed by atoms with E-state index in [-0.39, 0.29) is 12.6 Å². The summed E-state index contributed by atoms with van der Waals surface area (Å²) >= 11 is 0. The molecular weight excluding hydrogens is 166 g/mol. The summed E-state index contributed by atoms with van der Waals surface area (Å²) in [6.45, 7) is 8.64. The van der Waals surface area contributed by atoms with Crippen LogP contribution in [0.2, 0.25) is 0 Å². The molecule has 0 bridgehead atoms. The summed E-state index contributed by atoms with van der Waals surface area (Å²) < 4.78 is 5.34. The van der Waals surface area contributed by atoms with E-state index in [9.17, 15) is 0 Å². The molecule has 3 N–H and O–H groups in total. The molecule has 0 aliphatic heterocycles. The van der Waals surface area contributed by atoms with E-state index in [4.69, 9.17) is 15.6 Å². The average Bonchev–Trinajstić information content (AvgIpc) is 2.10. The van der Waals surface area contributed by atoms with E-state index in [1.807, 2.05) is 13.8 Å². The fourth-order valence-corrected chi connectivity index (χ4v) is 0.885. The van der Waals surface area contributed by atoms with E-state index in [0.717, 1.165) is 12.8 Å². The molecule has 0 heterocycles. The second-order valence-electron chi connectivity index (χ2n) is 3.52. The maximum Gasteiger partial charge on any atom is 0.106 e. The highest BCUT2D eigenvalue weighted by Gasteiger charge is 2.12. The minimum absolute atomic E-state index is 0.0888. The van der Waals surface area contributed by atoms with Crippen LogP contribution < -0.4 is 5.73 Å². The van der Waals surface area contributed by atoms with Gasteiger partial charge in [-0.15, -0.1) is 0 Å². The van der Waals surface area contributed by atoms with Crippen molar-refractivity contribution in [3.05, 3.63) is 12.3 Å². The van der Waals surface area contributed by atoms with Crippen LogP contribution in [-0.4, -0.2) is 24.4 Å². The highest BCUT2D eigenvalue weighted by atomic mass is 16.5. The summed E-state index contributed by atoms with van der Waals surface area (Å²) in [5, 5.41) is 8.53. The van der Waals surface area contributed by atoms with Gasteiger partial charge in [0.1, 0.15) is 5.76 Å². The standard InChI is InChI=1S/C10H21NO2/c1-8(2)10(11)9(3)13-7-5-4-6-12/h8,10,12H,3-7,11H2,1-2H3/t10-/m0/s1. The Hall–Kier alpha value is -0.540. The van der Waals surface area contributed by atoms with Crippen LogP contribution in [0.15, 0.2) is 12.3 Å². The quantitative estimate of drug-likeness (QED) is 0.466. The smallest absolute Gasteiger partial charge is 0.106 e. The van der Waals surface area contributed by atoms with Gasteiger partial charge >= 0.3 is 0 Å². The molecule has 0 unspecified atom stereocenters. The fourth-order valence-electron chi connectivity index (χ4n) is 0.885. The summed E-state index contributed by atoms with van der Waals surface area (Å²) in [6.07, 6.45) is 1.62. The molecule has 0 fully saturated rings. The Morgan fingerprint density at radius 2 is 2.08 bits per heavy atom. The number of aliphatic hydroxyl groups is 1. The van der Waals surface area contributed by atoms with Crippen LogP contribution in [0.5, 0.6) is 0 Å². The summed E-state index contributed by atoms with van der Waals surface area (Å²) in [6, 6.07) is -0.0888. The molecule has 0 aromatic heterocycles. The van der Waals surface area contributed by atoms with Crippen molar-refractivity contribution in [1.82, 2.24) is 0 Å². The number of nitrogens with two attached hydrogens (primary N) is 1. The maximum absolute atomic E-state index is 8.53. The van der Waals surface area contributed by atoms with E-state index in [1.165, 1.54) is 0 Å². The maximum atomic E-state index is 8.53. The molecule has 0 aliphatic carbocycles. The Morgan fingerprint density at radius 3 is 2.54 bits per heavy atom. The van der Waals surface area contributed by atoms with Crippen LogP contribution in [0.3, 0.4) is 0 Å². The minimum Gasteiger partial charge on any atom is -0.497 e. The first-order chi connectivity index (χ1) is 6.09. The van der Waals surface area contributed by atoms with Gasteiger partial charge in [-0.1, -0.05) is 20.4 Å². The molecule has 3 heteroatoms. The Balaban J connectivity index is 3.50. The SMILES string of the molecule is C=C(OCCCCO)[C@@H](N)C(C)C. The molecule has 0 saturated carbocycles. The van der Waals surface area contributed by atoms with Crippen molar-refractivity contribution in [2.45, 2.75) is 32.7 Å². The van der Waals surface area contributed by atoms with Gasteiger partial charge in [-0.25, -0.2) is 0 Å². The van der Waals surface area contributed by atoms with Crippen molar-refractivity contribution in [2.75, 3.05) is 13.2 Å². The van der Waals surface area contributed by atoms with Gasteiger partial charge in [-0.2, -0.15) is 0 Å². The molecule has 0 saturated heterocycles. The average molecular weight is 187 g/mol. The zero-order valence-electron chi connectivity index (χ0n) is 8.62. The van der Waals surface area contributed by atoms with Crippen LogP contribution in [0.25, 0.3) is 0 Å². The Kier molecular flexibility index (Phi) is 6.63. The number of aliphatic hydroxyl groups excluding tert-OH is 1. The normalized spacial score (nSPS) is 13.0. The molecule has 0 aromatic rings. The van der Waals surface area contributed by atoms with E-state index < -0.39 is 0 Å². The summed E-state index contributed by atoms with van der Waals surface area (Å²) in [4.78, 5) is 0. The van der Waals surface area contributed by atoms with Gasteiger partial charge in [0.2, 0.25) is 0 Å². The lowest BCUT2D eigenvalue weighted by Gasteiger charge is -2.18. The van der Waals surface area contributed by atoms with Gasteiger partial charge in [0.15, 0.2) is 0 Å².